The van der Waals surface area contributed by atoms with Crippen LogP contribution in [0.15, 0.2) is 12.1 Å². The van der Waals surface area contributed by atoms with Crippen molar-refractivity contribution < 1.29 is 14.3 Å². The molecule has 0 unspecified atom stereocenters. The minimum Gasteiger partial charge on any atom is -0.459 e. The van der Waals surface area contributed by atoms with Crippen LogP contribution in [0, 0.1) is 0 Å². The lowest BCUT2D eigenvalue weighted by atomic mass is 10.2. The number of hydrogen-bond acceptors (Lipinski definition) is 5. The van der Waals surface area contributed by atoms with Crippen molar-refractivity contribution in [3.63, 3.8) is 0 Å². The summed E-state index contributed by atoms with van der Waals surface area (Å²) in [6.07, 6.45) is 0.982. The van der Waals surface area contributed by atoms with Gasteiger partial charge >= 0.3 is 5.97 Å². The highest BCUT2D eigenvalue weighted by atomic mass is 35.5. The van der Waals surface area contributed by atoms with Gasteiger partial charge in [-0.15, -0.1) is 11.3 Å². The monoisotopic (exact) mass is 374 g/mol. The first-order chi connectivity index (χ1) is 11.1. The fourth-order valence-corrected chi connectivity index (χ4v) is 3.10. The molecule has 1 heterocycles. The number of thiophene rings is 1. The molecule has 0 fully saturated rings. The summed E-state index contributed by atoms with van der Waals surface area (Å²) in [5, 5.41) is 0. The van der Waals surface area contributed by atoms with E-state index >= 15 is 0 Å². The van der Waals surface area contributed by atoms with Crippen molar-refractivity contribution in [2.24, 2.45) is 0 Å². The van der Waals surface area contributed by atoms with Crippen molar-refractivity contribution in [1.29, 1.82) is 0 Å². The van der Waals surface area contributed by atoms with Gasteiger partial charge in [0.05, 0.1) is 4.34 Å². The molecule has 5 nitrogen and oxygen atoms in total. The first-order valence-electron chi connectivity index (χ1n) is 7.95. The van der Waals surface area contributed by atoms with Crippen LogP contribution in [0.4, 0.5) is 0 Å². The van der Waals surface area contributed by atoms with Gasteiger partial charge in [-0.05, 0) is 53.4 Å². The summed E-state index contributed by atoms with van der Waals surface area (Å²) < 4.78 is 6.05. The van der Waals surface area contributed by atoms with E-state index in [0.717, 1.165) is 9.21 Å². The first-order valence-corrected chi connectivity index (χ1v) is 9.15. The molecule has 0 atom stereocenters. The molecule has 0 saturated carbocycles. The number of esters is 1. The summed E-state index contributed by atoms with van der Waals surface area (Å²) >= 11 is 7.39. The number of amides is 1. The van der Waals surface area contributed by atoms with Crippen LogP contribution in [0.25, 0.3) is 0 Å². The lowest BCUT2D eigenvalue weighted by molar-refractivity contribution is -0.159. The molecule has 0 bridgehead atoms. The number of carbonyl (C=O) groups excluding carboxylic acids is 2. The van der Waals surface area contributed by atoms with E-state index < -0.39 is 5.60 Å². The number of nitrogens with zero attached hydrogens (tertiary/aromatic N) is 2. The Morgan fingerprint density at radius 1 is 1.21 bits per heavy atom. The molecule has 1 amide bonds. The summed E-state index contributed by atoms with van der Waals surface area (Å²) in [4.78, 5) is 29.2. The maximum absolute atomic E-state index is 12.5. The van der Waals surface area contributed by atoms with E-state index in [1.807, 2.05) is 51.9 Å². The summed E-state index contributed by atoms with van der Waals surface area (Å²) in [6, 6.07) is 3.76. The lowest BCUT2D eigenvalue weighted by Gasteiger charge is -2.26. The van der Waals surface area contributed by atoms with Crippen molar-refractivity contribution in [3.05, 3.63) is 21.3 Å². The van der Waals surface area contributed by atoms with E-state index in [2.05, 4.69) is 0 Å². The summed E-state index contributed by atoms with van der Waals surface area (Å²) in [5.41, 5.74) is -0.554. The zero-order chi connectivity index (χ0) is 18.3. The molecule has 0 aliphatic heterocycles. The Balaban J connectivity index is 2.61. The van der Waals surface area contributed by atoms with Crippen LogP contribution in [-0.4, -0.2) is 61.0 Å². The molecule has 7 heteroatoms. The highest BCUT2D eigenvalue weighted by molar-refractivity contribution is 7.16. The molecular formula is C17H27ClN2O3S. The Labute approximate surface area is 153 Å². The molecule has 0 saturated heterocycles. The van der Waals surface area contributed by atoms with Gasteiger partial charge in [-0.3, -0.25) is 9.59 Å². The third-order valence-corrected chi connectivity index (χ3v) is 4.41. The third kappa shape index (κ3) is 8.66. The number of ether oxygens (including phenoxy) is 1. The predicted octanol–water partition coefficient (Wildman–Crippen LogP) is 3.07. The van der Waals surface area contributed by atoms with Crippen LogP contribution in [0.1, 0.15) is 32.1 Å². The minimum atomic E-state index is -0.554. The molecule has 1 aromatic heterocycles. The van der Waals surface area contributed by atoms with Gasteiger partial charge in [-0.25, -0.2) is 0 Å². The Morgan fingerprint density at radius 2 is 1.88 bits per heavy atom. The summed E-state index contributed by atoms with van der Waals surface area (Å²) in [7, 11) is 3.87. The summed E-state index contributed by atoms with van der Waals surface area (Å²) in [6.45, 7) is 6.62. The molecule has 0 aliphatic rings. The molecule has 0 spiro atoms. The zero-order valence-electron chi connectivity index (χ0n) is 15.1. The van der Waals surface area contributed by atoms with E-state index in [0.29, 0.717) is 25.9 Å². The predicted molar refractivity (Wildman–Crippen MR) is 98.6 cm³/mol. The van der Waals surface area contributed by atoms with E-state index in [4.69, 9.17) is 16.3 Å². The number of aryl methyl sites for hydroxylation is 1. The zero-order valence-corrected chi connectivity index (χ0v) is 16.7. The van der Waals surface area contributed by atoms with Crippen LogP contribution in [-0.2, 0) is 20.7 Å². The van der Waals surface area contributed by atoms with Gasteiger partial charge in [-0.2, -0.15) is 0 Å². The Kier molecular flexibility index (Phi) is 8.19. The quantitative estimate of drug-likeness (QED) is 0.656. The van der Waals surface area contributed by atoms with Crippen LogP contribution < -0.4 is 0 Å². The van der Waals surface area contributed by atoms with E-state index in [-0.39, 0.29) is 18.4 Å². The molecule has 1 rings (SSSR count). The van der Waals surface area contributed by atoms with E-state index in [1.165, 1.54) is 11.3 Å². The molecule has 0 aromatic carbocycles. The maximum atomic E-state index is 12.5. The average molecular weight is 375 g/mol. The largest absolute Gasteiger partial charge is 0.459 e. The fourth-order valence-electron chi connectivity index (χ4n) is 2.02. The average Bonchev–Trinajstić information content (AvgIpc) is 2.84. The number of hydrogen-bond donors (Lipinski definition) is 0. The molecular weight excluding hydrogens is 348 g/mol. The van der Waals surface area contributed by atoms with Crippen LogP contribution in [0.3, 0.4) is 0 Å². The normalized spacial score (nSPS) is 11.6. The van der Waals surface area contributed by atoms with Gasteiger partial charge in [-0.1, -0.05) is 11.6 Å². The molecule has 1 aromatic rings. The van der Waals surface area contributed by atoms with Gasteiger partial charge in [0.1, 0.15) is 12.1 Å². The Morgan fingerprint density at radius 3 is 2.38 bits per heavy atom. The van der Waals surface area contributed by atoms with Gasteiger partial charge in [0.15, 0.2) is 0 Å². The second kappa shape index (κ2) is 9.39. The van der Waals surface area contributed by atoms with Crippen molar-refractivity contribution in [2.45, 2.75) is 39.2 Å². The van der Waals surface area contributed by atoms with E-state index in [9.17, 15) is 9.59 Å². The third-order valence-electron chi connectivity index (χ3n) is 3.12. The van der Waals surface area contributed by atoms with Gasteiger partial charge in [0, 0.05) is 24.4 Å². The van der Waals surface area contributed by atoms with Crippen LogP contribution in [0.5, 0.6) is 0 Å². The molecule has 136 valence electrons. The van der Waals surface area contributed by atoms with Crippen molar-refractivity contribution in [1.82, 2.24) is 9.80 Å². The van der Waals surface area contributed by atoms with E-state index in [1.54, 1.807) is 4.90 Å². The van der Waals surface area contributed by atoms with Crippen molar-refractivity contribution in [2.75, 3.05) is 33.7 Å². The Hall–Kier alpha value is -1.11. The lowest BCUT2D eigenvalue weighted by Crippen LogP contribution is -2.42. The van der Waals surface area contributed by atoms with Crippen LogP contribution >= 0.6 is 22.9 Å². The fraction of sp³-hybridized carbons (Fsp3) is 0.647. The number of carbonyl (C=O) groups is 2. The second-order valence-corrected chi connectivity index (χ2v) is 8.71. The molecule has 0 aliphatic carbocycles. The SMILES string of the molecule is CN(C)CCN(CC(=O)OC(C)(C)C)C(=O)CCc1ccc(Cl)s1. The Bertz CT molecular complexity index is 552. The van der Waals surface area contributed by atoms with Crippen molar-refractivity contribution >= 4 is 34.8 Å². The number of likely N-dealkylation sites (N-methyl/N-ethyl adjacent to an activating group) is 1. The standard InChI is InChI=1S/C17H27ClN2O3S/c1-17(2,3)23-16(22)12-20(11-10-19(4)5)15(21)9-7-13-6-8-14(18)24-13/h6,8H,7,9-12H2,1-5H3. The topological polar surface area (TPSA) is 49.9 Å². The summed E-state index contributed by atoms with van der Waals surface area (Å²) in [5.74, 6) is -0.430. The molecule has 0 N–H and O–H groups in total. The van der Waals surface area contributed by atoms with Crippen LogP contribution in [0.2, 0.25) is 4.34 Å². The highest BCUT2D eigenvalue weighted by Gasteiger charge is 2.22. The van der Waals surface area contributed by atoms with Crippen molar-refractivity contribution in [3.8, 4) is 0 Å². The van der Waals surface area contributed by atoms with Gasteiger partial charge in [0.2, 0.25) is 5.91 Å². The second-order valence-electron chi connectivity index (χ2n) is 6.91. The number of rotatable bonds is 8. The number of halogens is 1. The highest BCUT2D eigenvalue weighted by Crippen LogP contribution is 2.22. The molecule has 24 heavy (non-hydrogen) atoms. The van der Waals surface area contributed by atoms with Gasteiger partial charge in [0.25, 0.3) is 0 Å². The smallest absolute Gasteiger partial charge is 0.326 e. The maximum Gasteiger partial charge on any atom is 0.326 e. The van der Waals surface area contributed by atoms with Gasteiger partial charge < -0.3 is 14.5 Å². The minimum absolute atomic E-state index is 0.0187. The molecule has 0 radical (unpaired) electrons. The first kappa shape index (κ1) is 20.9.